The highest BCUT2D eigenvalue weighted by Crippen LogP contribution is 2.38. The third-order valence-electron chi connectivity index (χ3n) is 2.98. The first kappa shape index (κ1) is 15.1. The minimum Gasteiger partial charge on any atom is -0.483 e. The fourth-order valence-electron chi connectivity index (χ4n) is 1.92. The van der Waals surface area contributed by atoms with Crippen LogP contribution < -0.4 is 10.1 Å². The summed E-state index contributed by atoms with van der Waals surface area (Å²) >= 11 is 0. The molecule has 0 unspecified atom stereocenters. The van der Waals surface area contributed by atoms with E-state index in [1.54, 1.807) is 18.2 Å². The molecule has 0 amide bonds. The molecule has 1 aromatic rings. The predicted octanol–water partition coefficient (Wildman–Crippen LogP) is 3.12. The zero-order chi connectivity index (χ0) is 16.3. The first-order valence-corrected chi connectivity index (χ1v) is 6.34. The van der Waals surface area contributed by atoms with Gasteiger partial charge in [0.2, 0.25) is 0 Å². The van der Waals surface area contributed by atoms with Crippen LogP contribution in [0.25, 0.3) is 6.08 Å². The summed E-state index contributed by atoms with van der Waals surface area (Å²) in [4.78, 5) is 10.6. The molecular weight excluding hydrogens is 284 g/mol. The summed E-state index contributed by atoms with van der Waals surface area (Å²) in [6.07, 6.45) is 4.79. The third-order valence-corrected chi connectivity index (χ3v) is 2.98. The molecule has 1 aliphatic rings. The van der Waals surface area contributed by atoms with Gasteiger partial charge in [0.05, 0.1) is 11.0 Å². The number of fused-ring (bicyclic) bond motifs is 1. The zero-order valence-corrected chi connectivity index (χ0v) is 12.0. The Balaban J connectivity index is 2.48. The molecule has 0 saturated heterocycles. The highest BCUT2D eigenvalue weighted by molar-refractivity contribution is 5.74. The smallest absolute Gasteiger partial charge is 0.296 e. The van der Waals surface area contributed by atoms with Gasteiger partial charge in [-0.05, 0) is 26.0 Å². The van der Waals surface area contributed by atoms with Gasteiger partial charge in [0.1, 0.15) is 34.7 Å². The third kappa shape index (κ3) is 3.05. The quantitative estimate of drug-likeness (QED) is 0.521. The number of nitrogens with one attached hydrogen (secondary N) is 1. The topological polar surface area (TPSA) is 112 Å². The molecule has 7 nitrogen and oxygen atoms in total. The van der Waals surface area contributed by atoms with Gasteiger partial charge in [-0.3, -0.25) is 10.1 Å². The molecule has 0 spiro atoms. The molecule has 2 rings (SSSR count). The lowest BCUT2D eigenvalue weighted by molar-refractivity contribution is -0.384. The summed E-state index contributed by atoms with van der Waals surface area (Å²) in [6, 6.07) is 6.22. The van der Waals surface area contributed by atoms with Gasteiger partial charge in [-0.2, -0.15) is 10.5 Å². The molecule has 1 aromatic carbocycles. The van der Waals surface area contributed by atoms with Crippen molar-refractivity contribution >= 4 is 17.5 Å². The number of nitro groups is 1. The predicted molar refractivity (Wildman–Crippen MR) is 79.8 cm³/mol. The van der Waals surface area contributed by atoms with Crippen molar-refractivity contribution in [2.24, 2.45) is 0 Å². The van der Waals surface area contributed by atoms with Gasteiger partial charge in [0.25, 0.3) is 5.69 Å². The van der Waals surface area contributed by atoms with E-state index in [4.69, 9.17) is 15.3 Å². The Kier molecular flexibility index (Phi) is 3.83. The normalized spacial score (nSPS) is 13.8. The van der Waals surface area contributed by atoms with Crippen LogP contribution in [0.1, 0.15) is 19.4 Å². The Morgan fingerprint density at radius 1 is 1.41 bits per heavy atom. The SMILES string of the molecule is CC1(C)C=Cc2cc(NC=C(C#N)C#N)c([N+](=O)[O-])cc2O1. The van der Waals surface area contributed by atoms with Crippen LogP contribution >= 0.6 is 0 Å². The van der Waals surface area contributed by atoms with Crippen LogP contribution in [-0.2, 0) is 0 Å². The van der Waals surface area contributed by atoms with Gasteiger partial charge >= 0.3 is 0 Å². The summed E-state index contributed by atoms with van der Waals surface area (Å²) in [5, 5.41) is 31.2. The molecule has 0 fully saturated rings. The molecule has 7 heteroatoms. The van der Waals surface area contributed by atoms with E-state index in [1.165, 1.54) is 6.07 Å². The van der Waals surface area contributed by atoms with E-state index in [9.17, 15) is 10.1 Å². The lowest BCUT2D eigenvalue weighted by Gasteiger charge is -2.27. The molecular formula is C15H12N4O3. The average Bonchev–Trinajstić information content (AvgIpc) is 2.46. The number of nitriles is 2. The van der Waals surface area contributed by atoms with Gasteiger partial charge in [0, 0.05) is 11.8 Å². The van der Waals surface area contributed by atoms with Gasteiger partial charge < -0.3 is 10.1 Å². The van der Waals surface area contributed by atoms with Crippen molar-refractivity contribution in [3.63, 3.8) is 0 Å². The fourth-order valence-corrected chi connectivity index (χ4v) is 1.92. The Labute approximate surface area is 126 Å². The first-order chi connectivity index (χ1) is 10.4. The van der Waals surface area contributed by atoms with Gasteiger partial charge in [0.15, 0.2) is 0 Å². The van der Waals surface area contributed by atoms with Crippen molar-refractivity contribution < 1.29 is 9.66 Å². The van der Waals surface area contributed by atoms with Crippen molar-refractivity contribution in [2.45, 2.75) is 19.4 Å². The van der Waals surface area contributed by atoms with Crippen molar-refractivity contribution in [1.29, 1.82) is 10.5 Å². The van der Waals surface area contributed by atoms with Crippen LogP contribution in [0.5, 0.6) is 5.75 Å². The molecule has 22 heavy (non-hydrogen) atoms. The number of nitro benzene ring substituents is 1. The van der Waals surface area contributed by atoms with Crippen molar-refractivity contribution in [2.75, 3.05) is 5.32 Å². The summed E-state index contributed by atoms with van der Waals surface area (Å²) < 4.78 is 5.69. The first-order valence-electron chi connectivity index (χ1n) is 6.34. The van der Waals surface area contributed by atoms with Crippen molar-refractivity contribution in [3.05, 3.63) is 45.7 Å². The summed E-state index contributed by atoms with van der Waals surface area (Å²) in [5.41, 5.74) is -0.0582. The van der Waals surface area contributed by atoms with Crippen LogP contribution in [0.3, 0.4) is 0 Å². The van der Waals surface area contributed by atoms with Gasteiger partial charge in [-0.15, -0.1) is 0 Å². The second-order valence-corrected chi connectivity index (χ2v) is 5.13. The number of benzene rings is 1. The molecule has 1 heterocycles. The Morgan fingerprint density at radius 3 is 2.68 bits per heavy atom. The van der Waals surface area contributed by atoms with E-state index >= 15 is 0 Å². The second-order valence-electron chi connectivity index (χ2n) is 5.13. The minimum atomic E-state index is -0.552. The monoisotopic (exact) mass is 296 g/mol. The Morgan fingerprint density at radius 2 is 2.09 bits per heavy atom. The Bertz CT molecular complexity index is 763. The number of hydrogen-bond donors (Lipinski definition) is 1. The maximum absolute atomic E-state index is 11.2. The largest absolute Gasteiger partial charge is 0.483 e. The van der Waals surface area contributed by atoms with E-state index in [0.717, 1.165) is 6.20 Å². The Hall–Kier alpha value is -3.32. The number of allylic oxidation sites excluding steroid dienone is 1. The number of nitrogens with zero attached hydrogens (tertiary/aromatic N) is 3. The van der Waals surface area contributed by atoms with Crippen LogP contribution in [0.15, 0.2) is 30.0 Å². The second kappa shape index (κ2) is 5.58. The number of anilines is 1. The summed E-state index contributed by atoms with van der Waals surface area (Å²) in [5.74, 6) is 0.412. The maximum atomic E-state index is 11.2. The minimum absolute atomic E-state index is 0.180. The highest BCUT2D eigenvalue weighted by atomic mass is 16.6. The fraction of sp³-hybridized carbons (Fsp3) is 0.200. The molecule has 0 atom stereocenters. The van der Waals surface area contributed by atoms with E-state index in [0.29, 0.717) is 11.3 Å². The molecule has 0 radical (unpaired) electrons. The van der Waals surface area contributed by atoms with E-state index < -0.39 is 10.5 Å². The zero-order valence-electron chi connectivity index (χ0n) is 12.0. The van der Waals surface area contributed by atoms with Crippen molar-refractivity contribution in [1.82, 2.24) is 0 Å². The standard InChI is InChI=1S/C15H12N4O3/c1-15(2)4-3-11-5-12(18-9-10(7-16)8-17)13(19(20)21)6-14(11)22-15/h3-6,9,18H,1-2H3. The maximum Gasteiger partial charge on any atom is 0.296 e. The molecule has 110 valence electrons. The van der Waals surface area contributed by atoms with E-state index in [1.807, 2.05) is 26.0 Å². The number of ether oxygens (including phenoxy) is 1. The van der Waals surface area contributed by atoms with Crippen LogP contribution in [0, 0.1) is 32.8 Å². The molecule has 1 N–H and O–H groups in total. The molecule has 0 saturated carbocycles. The molecule has 0 aliphatic carbocycles. The summed E-state index contributed by atoms with van der Waals surface area (Å²) in [6.45, 7) is 3.69. The van der Waals surface area contributed by atoms with Crippen molar-refractivity contribution in [3.8, 4) is 17.9 Å². The van der Waals surface area contributed by atoms with Crippen LogP contribution in [0.2, 0.25) is 0 Å². The van der Waals surface area contributed by atoms with Crippen LogP contribution in [0.4, 0.5) is 11.4 Å². The van der Waals surface area contributed by atoms with E-state index in [-0.39, 0.29) is 16.9 Å². The van der Waals surface area contributed by atoms with Gasteiger partial charge in [-0.1, -0.05) is 6.08 Å². The lowest BCUT2D eigenvalue weighted by atomic mass is 10.0. The van der Waals surface area contributed by atoms with Gasteiger partial charge in [-0.25, -0.2) is 0 Å². The average molecular weight is 296 g/mol. The molecule has 0 bridgehead atoms. The van der Waals surface area contributed by atoms with E-state index in [2.05, 4.69) is 5.32 Å². The lowest BCUT2D eigenvalue weighted by Crippen LogP contribution is -2.27. The number of rotatable bonds is 3. The highest BCUT2D eigenvalue weighted by Gasteiger charge is 2.25. The number of hydrogen-bond acceptors (Lipinski definition) is 6. The molecule has 0 aromatic heterocycles. The van der Waals surface area contributed by atoms with Crippen LogP contribution in [-0.4, -0.2) is 10.5 Å². The molecule has 1 aliphatic heterocycles. The summed E-state index contributed by atoms with van der Waals surface area (Å²) in [7, 11) is 0.